The van der Waals surface area contributed by atoms with Crippen LogP contribution in [0.3, 0.4) is 0 Å². The summed E-state index contributed by atoms with van der Waals surface area (Å²) in [5, 5.41) is 0.113. The van der Waals surface area contributed by atoms with Gasteiger partial charge in [-0.15, -0.1) is 0 Å². The normalized spacial score (nSPS) is 17.7. The van der Waals surface area contributed by atoms with E-state index >= 15 is 0 Å². The molecule has 0 aromatic heterocycles. The van der Waals surface area contributed by atoms with Crippen LogP contribution in [0.25, 0.3) is 0 Å². The lowest BCUT2D eigenvalue weighted by molar-refractivity contribution is 0.319. The molecule has 1 aromatic carbocycles. The first kappa shape index (κ1) is 16.4. The van der Waals surface area contributed by atoms with Gasteiger partial charge in [0.05, 0.1) is 19.2 Å². The Morgan fingerprint density at radius 3 is 2.24 bits per heavy atom. The Balaban J connectivity index is 2.40. The summed E-state index contributed by atoms with van der Waals surface area (Å²) >= 11 is 6.10. The number of halogens is 1. The fourth-order valence-corrected chi connectivity index (χ4v) is 4.27. The molecule has 21 heavy (non-hydrogen) atoms. The van der Waals surface area contributed by atoms with E-state index in [4.69, 9.17) is 26.8 Å². The van der Waals surface area contributed by atoms with Crippen LogP contribution in [0, 0.1) is 0 Å². The number of rotatable bonds is 4. The van der Waals surface area contributed by atoms with Crippen LogP contribution in [0.4, 0.5) is 0 Å². The van der Waals surface area contributed by atoms with Crippen molar-refractivity contribution >= 4 is 21.6 Å². The van der Waals surface area contributed by atoms with Crippen molar-refractivity contribution in [2.45, 2.75) is 23.8 Å². The molecular weight excluding hydrogens is 316 g/mol. The highest BCUT2D eigenvalue weighted by molar-refractivity contribution is 7.89. The number of hydrogen-bond acceptors (Lipinski definition) is 5. The van der Waals surface area contributed by atoms with Gasteiger partial charge in [0, 0.05) is 31.3 Å². The van der Waals surface area contributed by atoms with Crippen molar-refractivity contribution in [3.63, 3.8) is 0 Å². The molecule has 0 aliphatic carbocycles. The fourth-order valence-electron chi connectivity index (χ4n) is 2.29. The highest BCUT2D eigenvalue weighted by atomic mass is 35.5. The second-order valence-electron chi connectivity index (χ2n) is 4.88. The largest absolute Gasteiger partial charge is 0.493 e. The van der Waals surface area contributed by atoms with Gasteiger partial charge in [-0.3, -0.25) is 0 Å². The van der Waals surface area contributed by atoms with Crippen molar-refractivity contribution in [2.24, 2.45) is 5.73 Å². The van der Waals surface area contributed by atoms with Crippen LogP contribution in [0.2, 0.25) is 5.02 Å². The molecular formula is C13H19ClN2O4S. The Kier molecular flexibility index (Phi) is 4.98. The van der Waals surface area contributed by atoms with Gasteiger partial charge in [0.2, 0.25) is 10.0 Å². The third kappa shape index (κ3) is 3.26. The molecule has 0 bridgehead atoms. The van der Waals surface area contributed by atoms with E-state index in [0.29, 0.717) is 37.4 Å². The van der Waals surface area contributed by atoms with Gasteiger partial charge in [0.15, 0.2) is 11.5 Å². The van der Waals surface area contributed by atoms with Crippen molar-refractivity contribution < 1.29 is 17.9 Å². The first-order chi connectivity index (χ1) is 9.90. The summed E-state index contributed by atoms with van der Waals surface area (Å²) in [6.45, 7) is 0.794. The summed E-state index contributed by atoms with van der Waals surface area (Å²) in [5.41, 5.74) is 5.81. The maximum atomic E-state index is 12.7. The summed E-state index contributed by atoms with van der Waals surface area (Å²) in [5.74, 6) is 0.719. The van der Waals surface area contributed by atoms with Gasteiger partial charge >= 0.3 is 0 Å². The molecule has 0 spiro atoms. The molecule has 2 rings (SSSR count). The van der Waals surface area contributed by atoms with Crippen molar-refractivity contribution in [1.29, 1.82) is 0 Å². The van der Waals surface area contributed by atoms with Crippen LogP contribution >= 0.6 is 11.6 Å². The monoisotopic (exact) mass is 334 g/mol. The van der Waals surface area contributed by atoms with Crippen LogP contribution in [-0.2, 0) is 10.0 Å². The predicted octanol–water partition coefficient (Wildman–Crippen LogP) is 1.47. The second-order valence-corrected chi connectivity index (χ2v) is 7.19. The van der Waals surface area contributed by atoms with Crippen molar-refractivity contribution in [1.82, 2.24) is 4.31 Å². The summed E-state index contributed by atoms with van der Waals surface area (Å²) in [6, 6.07) is 2.89. The quantitative estimate of drug-likeness (QED) is 0.901. The third-order valence-electron chi connectivity index (χ3n) is 3.55. The first-order valence-corrected chi connectivity index (χ1v) is 8.39. The Hall–Kier alpha value is -1.02. The van der Waals surface area contributed by atoms with Crippen molar-refractivity contribution in [3.05, 3.63) is 17.2 Å². The number of ether oxygens (including phenoxy) is 2. The molecule has 1 aliphatic rings. The lowest BCUT2D eigenvalue weighted by Crippen LogP contribution is -2.42. The molecule has 1 aliphatic heterocycles. The lowest BCUT2D eigenvalue weighted by Gasteiger charge is -2.29. The molecule has 0 atom stereocenters. The average Bonchev–Trinajstić information content (AvgIpc) is 2.47. The molecule has 0 unspecified atom stereocenters. The van der Waals surface area contributed by atoms with Gasteiger partial charge < -0.3 is 15.2 Å². The van der Waals surface area contributed by atoms with E-state index in [-0.39, 0.29) is 16.0 Å². The van der Waals surface area contributed by atoms with Crippen molar-refractivity contribution in [3.8, 4) is 11.5 Å². The molecule has 2 N–H and O–H groups in total. The number of benzene rings is 1. The van der Waals surface area contributed by atoms with E-state index < -0.39 is 10.0 Å². The summed E-state index contributed by atoms with van der Waals surface area (Å²) in [7, 11) is -0.750. The Morgan fingerprint density at radius 1 is 1.19 bits per heavy atom. The zero-order valence-electron chi connectivity index (χ0n) is 12.0. The summed E-state index contributed by atoms with van der Waals surface area (Å²) in [6.07, 6.45) is 1.29. The molecule has 1 saturated heterocycles. The number of sulfonamides is 1. The highest BCUT2D eigenvalue weighted by Crippen LogP contribution is 2.36. The number of piperidine rings is 1. The van der Waals surface area contributed by atoms with Crippen LogP contribution in [0.5, 0.6) is 11.5 Å². The van der Waals surface area contributed by atoms with Gasteiger partial charge in [0.1, 0.15) is 4.90 Å². The fraction of sp³-hybridized carbons (Fsp3) is 0.538. The molecule has 1 aromatic rings. The Labute approximate surface area is 129 Å². The molecule has 1 fully saturated rings. The molecule has 0 amide bonds. The molecule has 6 nitrogen and oxygen atoms in total. The topological polar surface area (TPSA) is 81.9 Å². The van der Waals surface area contributed by atoms with Gasteiger partial charge in [-0.05, 0) is 12.8 Å². The van der Waals surface area contributed by atoms with Gasteiger partial charge in [-0.25, -0.2) is 8.42 Å². The van der Waals surface area contributed by atoms with Gasteiger partial charge in [0.25, 0.3) is 0 Å². The zero-order valence-corrected chi connectivity index (χ0v) is 13.6. The van der Waals surface area contributed by atoms with E-state index in [1.165, 1.54) is 30.7 Å². The van der Waals surface area contributed by atoms with Gasteiger partial charge in [-0.1, -0.05) is 11.6 Å². The minimum absolute atomic E-state index is 0.0253. The Morgan fingerprint density at radius 2 is 1.71 bits per heavy atom. The SMILES string of the molecule is COc1cc(Cl)c(S(=O)(=O)N2CCC(N)CC2)cc1OC. The number of methoxy groups -OCH3 is 2. The number of nitrogens with two attached hydrogens (primary N) is 1. The molecule has 0 saturated carbocycles. The van der Waals surface area contributed by atoms with E-state index in [2.05, 4.69) is 0 Å². The number of hydrogen-bond donors (Lipinski definition) is 1. The van der Waals surface area contributed by atoms with Crippen LogP contribution in [-0.4, -0.2) is 46.1 Å². The molecule has 8 heteroatoms. The predicted molar refractivity (Wildman–Crippen MR) is 80.5 cm³/mol. The summed E-state index contributed by atoms with van der Waals surface area (Å²) < 4.78 is 37.0. The average molecular weight is 335 g/mol. The van der Waals surface area contributed by atoms with E-state index in [1.54, 1.807) is 0 Å². The highest BCUT2D eigenvalue weighted by Gasteiger charge is 2.31. The first-order valence-electron chi connectivity index (χ1n) is 6.57. The van der Waals surface area contributed by atoms with E-state index in [1.807, 2.05) is 0 Å². The standard InChI is InChI=1S/C13H19ClN2O4S/c1-19-11-7-10(14)13(8-12(11)20-2)21(17,18)16-5-3-9(15)4-6-16/h7-9H,3-6,15H2,1-2H3. The smallest absolute Gasteiger partial charge is 0.244 e. The molecule has 118 valence electrons. The molecule has 1 heterocycles. The molecule has 0 radical (unpaired) electrons. The van der Waals surface area contributed by atoms with E-state index in [0.717, 1.165) is 0 Å². The Bertz CT molecular complexity index is 613. The van der Waals surface area contributed by atoms with Crippen LogP contribution < -0.4 is 15.2 Å². The van der Waals surface area contributed by atoms with Gasteiger partial charge in [-0.2, -0.15) is 4.31 Å². The maximum absolute atomic E-state index is 12.7. The second kappa shape index (κ2) is 6.39. The minimum Gasteiger partial charge on any atom is -0.493 e. The van der Waals surface area contributed by atoms with Crippen molar-refractivity contribution in [2.75, 3.05) is 27.3 Å². The third-order valence-corrected chi connectivity index (χ3v) is 5.92. The zero-order chi connectivity index (χ0) is 15.6. The summed E-state index contributed by atoms with van der Waals surface area (Å²) in [4.78, 5) is 0.0253. The lowest BCUT2D eigenvalue weighted by atomic mass is 10.1. The number of nitrogens with zero attached hydrogens (tertiary/aromatic N) is 1. The minimum atomic E-state index is -3.66. The van der Waals surface area contributed by atoms with Crippen LogP contribution in [0.15, 0.2) is 17.0 Å². The van der Waals surface area contributed by atoms with E-state index in [9.17, 15) is 8.42 Å². The maximum Gasteiger partial charge on any atom is 0.244 e. The van der Waals surface area contributed by atoms with Crippen LogP contribution in [0.1, 0.15) is 12.8 Å².